The molecule has 53 heavy (non-hydrogen) atoms. The van der Waals surface area contributed by atoms with E-state index in [0.29, 0.717) is 0 Å². The Labute approximate surface area is 310 Å². The lowest BCUT2D eigenvalue weighted by Crippen LogP contribution is -2.14. The van der Waals surface area contributed by atoms with Crippen molar-refractivity contribution in [3.63, 3.8) is 0 Å². The maximum Gasteiger partial charge on any atom is 0.0547 e. The second-order valence-corrected chi connectivity index (χ2v) is 15.3. The number of hydrogen-bond acceptors (Lipinski definition) is 0. The molecule has 1 unspecified atom stereocenters. The zero-order valence-electron chi connectivity index (χ0n) is 29.8. The van der Waals surface area contributed by atoms with E-state index in [2.05, 4.69) is 200 Å². The van der Waals surface area contributed by atoms with Gasteiger partial charge >= 0.3 is 0 Å². The van der Waals surface area contributed by atoms with Crippen LogP contribution in [0.4, 0.5) is 0 Å². The highest BCUT2D eigenvalue weighted by atomic mass is 15.0. The highest BCUT2D eigenvalue weighted by Crippen LogP contribution is 2.52. The lowest BCUT2D eigenvalue weighted by Gasteiger charge is -2.21. The highest BCUT2D eigenvalue weighted by Gasteiger charge is 2.36. The molecular formula is C52H37N. The first-order valence-corrected chi connectivity index (χ1v) is 18.7. The van der Waals surface area contributed by atoms with Gasteiger partial charge in [0.15, 0.2) is 0 Å². The Bertz CT molecular complexity index is 2890. The van der Waals surface area contributed by atoms with E-state index in [1.807, 2.05) is 0 Å². The van der Waals surface area contributed by atoms with Gasteiger partial charge in [-0.15, -0.1) is 0 Å². The number of aromatic nitrogens is 1. The fourth-order valence-electron chi connectivity index (χ4n) is 9.49. The summed E-state index contributed by atoms with van der Waals surface area (Å²) >= 11 is 0. The van der Waals surface area contributed by atoms with Crippen LogP contribution in [0.3, 0.4) is 0 Å². The lowest BCUT2D eigenvalue weighted by atomic mass is 9.82. The maximum atomic E-state index is 2.50. The van der Waals surface area contributed by atoms with E-state index in [4.69, 9.17) is 0 Å². The Balaban J connectivity index is 1.11. The molecule has 0 N–H and O–H groups in total. The molecule has 2 aliphatic carbocycles. The van der Waals surface area contributed by atoms with Crippen LogP contribution in [0.25, 0.3) is 72.0 Å². The van der Waals surface area contributed by atoms with Crippen molar-refractivity contribution in [1.82, 2.24) is 4.57 Å². The number of rotatable bonds is 4. The fourth-order valence-corrected chi connectivity index (χ4v) is 9.49. The topological polar surface area (TPSA) is 4.93 Å². The van der Waals surface area contributed by atoms with Crippen LogP contribution in [0.5, 0.6) is 0 Å². The number of fused-ring (bicyclic) bond motifs is 9. The van der Waals surface area contributed by atoms with E-state index in [1.54, 1.807) is 0 Å². The van der Waals surface area contributed by atoms with Crippen molar-refractivity contribution in [3.8, 4) is 50.2 Å². The van der Waals surface area contributed by atoms with Gasteiger partial charge in [0.1, 0.15) is 0 Å². The normalized spacial score (nSPS) is 14.9. The van der Waals surface area contributed by atoms with E-state index in [1.165, 1.54) is 99.8 Å². The summed E-state index contributed by atoms with van der Waals surface area (Å²) in [5, 5.41) is 2.58. The Morgan fingerprint density at radius 1 is 0.396 bits per heavy atom. The first kappa shape index (κ1) is 30.2. The predicted molar refractivity (Wildman–Crippen MR) is 222 cm³/mol. The van der Waals surface area contributed by atoms with Crippen molar-refractivity contribution < 1.29 is 0 Å². The van der Waals surface area contributed by atoms with Crippen LogP contribution in [-0.2, 0) is 5.41 Å². The van der Waals surface area contributed by atoms with Gasteiger partial charge in [0.05, 0.1) is 11.0 Å². The minimum atomic E-state index is -0.0772. The molecule has 1 heteroatoms. The first-order valence-electron chi connectivity index (χ1n) is 18.7. The minimum absolute atomic E-state index is 0.0772. The molecule has 1 atom stereocenters. The van der Waals surface area contributed by atoms with Crippen molar-refractivity contribution >= 4 is 21.8 Å². The SMILES string of the molecule is CC1(C)c2ccccc2-c2cc3c(cc21)c1cc(-c2ccc4c(c2)-c2ccccc2C4c2ccccc2)ccc1n3-c1ccc(-c2ccccc2)cc1. The molecule has 11 rings (SSSR count). The largest absolute Gasteiger partial charge is 0.309 e. The average Bonchev–Trinajstić information content (AvgIpc) is 3.80. The van der Waals surface area contributed by atoms with E-state index >= 15 is 0 Å². The third kappa shape index (κ3) is 4.44. The van der Waals surface area contributed by atoms with Gasteiger partial charge in [0, 0.05) is 27.8 Å². The molecule has 9 aromatic rings. The van der Waals surface area contributed by atoms with Gasteiger partial charge in [-0.1, -0.05) is 153 Å². The summed E-state index contributed by atoms with van der Waals surface area (Å²) in [4.78, 5) is 0. The molecule has 1 heterocycles. The molecule has 0 fully saturated rings. The summed E-state index contributed by atoms with van der Waals surface area (Å²) in [6.07, 6.45) is 0. The molecule has 1 nitrogen and oxygen atoms in total. The van der Waals surface area contributed by atoms with Crippen molar-refractivity contribution in [1.29, 1.82) is 0 Å². The molecule has 250 valence electrons. The van der Waals surface area contributed by atoms with E-state index in [-0.39, 0.29) is 11.3 Å². The first-order chi connectivity index (χ1) is 26.0. The fraction of sp³-hybridized carbons (Fsp3) is 0.0769. The number of benzene rings is 8. The van der Waals surface area contributed by atoms with Gasteiger partial charge in [-0.2, -0.15) is 0 Å². The molecule has 0 saturated heterocycles. The molecule has 0 spiro atoms. The molecule has 0 bridgehead atoms. The van der Waals surface area contributed by atoms with Gasteiger partial charge in [0.25, 0.3) is 0 Å². The smallest absolute Gasteiger partial charge is 0.0547 e. The molecule has 0 amide bonds. The third-order valence-corrected chi connectivity index (χ3v) is 12.1. The molecule has 0 aliphatic heterocycles. The minimum Gasteiger partial charge on any atom is -0.309 e. The van der Waals surface area contributed by atoms with E-state index in [9.17, 15) is 0 Å². The van der Waals surface area contributed by atoms with E-state index < -0.39 is 0 Å². The summed E-state index contributed by atoms with van der Waals surface area (Å²) in [5.41, 5.74) is 20.8. The van der Waals surface area contributed by atoms with Gasteiger partial charge in [-0.05, 0) is 115 Å². The van der Waals surface area contributed by atoms with Crippen molar-refractivity contribution in [3.05, 3.63) is 210 Å². The molecule has 0 radical (unpaired) electrons. The molecular weight excluding hydrogens is 639 g/mol. The monoisotopic (exact) mass is 675 g/mol. The summed E-state index contributed by atoms with van der Waals surface area (Å²) in [6.45, 7) is 4.75. The van der Waals surface area contributed by atoms with Crippen LogP contribution in [0, 0.1) is 0 Å². The summed E-state index contributed by atoms with van der Waals surface area (Å²) in [6, 6.07) is 67.8. The summed E-state index contributed by atoms with van der Waals surface area (Å²) in [7, 11) is 0. The maximum absolute atomic E-state index is 2.50. The number of nitrogens with zero attached hydrogens (tertiary/aromatic N) is 1. The van der Waals surface area contributed by atoms with Crippen molar-refractivity contribution in [2.24, 2.45) is 0 Å². The van der Waals surface area contributed by atoms with Gasteiger partial charge < -0.3 is 4.57 Å². The highest BCUT2D eigenvalue weighted by molar-refractivity contribution is 6.12. The molecule has 2 aliphatic rings. The van der Waals surface area contributed by atoms with Crippen molar-refractivity contribution in [2.75, 3.05) is 0 Å². The summed E-state index contributed by atoms with van der Waals surface area (Å²) < 4.78 is 2.47. The zero-order valence-corrected chi connectivity index (χ0v) is 29.8. The van der Waals surface area contributed by atoms with Crippen LogP contribution in [0.2, 0.25) is 0 Å². The molecule has 0 saturated carbocycles. The van der Waals surface area contributed by atoms with Crippen LogP contribution >= 0.6 is 0 Å². The Morgan fingerprint density at radius 3 is 1.81 bits per heavy atom. The van der Waals surface area contributed by atoms with Gasteiger partial charge in [0.2, 0.25) is 0 Å². The Morgan fingerprint density at radius 2 is 1.00 bits per heavy atom. The van der Waals surface area contributed by atoms with Crippen LogP contribution in [0.1, 0.15) is 47.6 Å². The summed E-state index contributed by atoms with van der Waals surface area (Å²) in [5.74, 6) is 0.250. The molecule has 8 aromatic carbocycles. The average molecular weight is 676 g/mol. The predicted octanol–water partition coefficient (Wildman–Crippen LogP) is 13.6. The Hall–Kier alpha value is -6.44. The van der Waals surface area contributed by atoms with Gasteiger partial charge in [-0.25, -0.2) is 0 Å². The van der Waals surface area contributed by atoms with Crippen LogP contribution in [-0.4, -0.2) is 4.57 Å². The number of hydrogen-bond donors (Lipinski definition) is 0. The van der Waals surface area contributed by atoms with Crippen molar-refractivity contribution in [2.45, 2.75) is 25.2 Å². The third-order valence-electron chi connectivity index (χ3n) is 12.1. The zero-order chi connectivity index (χ0) is 35.3. The Kier molecular flexibility index (Phi) is 6.43. The van der Waals surface area contributed by atoms with E-state index in [0.717, 1.165) is 0 Å². The van der Waals surface area contributed by atoms with Crippen LogP contribution in [0.15, 0.2) is 182 Å². The van der Waals surface area contributed by atoms with Gasteiger partial charge in [-0.3, -0.25) is 0 Å². The molecule has 1 aromatic heterocycles. The standard InChI is InChI=1S/C52H37N/c1-52(2)47-20-12-11-18-40(47)44-32-50-46(31-48(44)52)45-30-37(24-28-49(45)53(50)38-25-21-34(22-26-38)33-13-5-3-6-14-33)36-23-27-42-43(29-36)39-17-9-10-19-41(39)51(42)35-15-7-4-8-16-35/h3-32,51H,1-2H3. The quantitative estimate of drug-likeness (QED) is 0.175. The second-order valence-electron chi connectivity index (χ2n) is 15.3. The lowest BCUT2D eigenvalue weighted by molar-refractivity contribution is 0.661. The second kappa shape index (κ2) is 11.3. The van der Waals surface area contributed by atoms with Crippen LogP contribution < -0.4 is 0 Å².